The highest BCUT2D eigenvalue weighted by Crippen LogP contribution is 2.31. The van der Waals surface area contributed by atoms with E-state index in [1.807, 2.05) is 17.0 Å². The zero-order valence-electron chi connectivity index (χ0n) is 17.9. The first kappa shape index (κ1) is 22.3. The van der Waals surface area contributed by atoms with Crippen LogP contribution >= 0.6 is 11.6 Å². The first-order chi connectivity index (χ1) is 15.4. The number of hydrogen-bond donors (Lipinski definition) is 0. The summed E-state index contributed by atoms with van der Waals surface area (Å²) in [6.07, 6.45) is 4.83. The molecule has 1 fully saturated rings. The Balaban J connectivity index is 1.31. The molecule has 7 nitrogen and oxygen atoms in total. The van der Waals surface area contributed by atoms with Crippen LogP contribution in [0, 0.1) is 10.1 Å². The molecule has 2 aromatic carbocycles. The summed E-state index contributed by atoms with van der Waals surface area (Å²) >= 11 is 5.90. The zero-order valence-corrected chi connectivity index (χ0v) is 18.6. The number of ketones is 1. The van der Waals surface area contributed by atoms with Gasteiger partial charge in [0.2, 0.25) is 5.91 Å². The monoisotopic (exact) mass is 455 g/mol. The van der Waals surface area contributed by atoms with E-state index in [0.717, 1.165) is 19.3 Å². The van der Waals surface area contributed by atoms with E-state index in [9.17, 15) is 19.7 Å². The Kier molecular flexibility index (Phi) is 6.74. The highest BCUT2D eigenvalue weighted by atomic mass is 35.5. The molecule has 0 saturated carbocycles. The van der Waals surface area contributed by atoms with Crippen LogP contribution in [0.25, 0.3) is 0 Å². The molecule has 8 heteroatoms. The number of carbonyl (C=O) groups is 2. The van der Waals surface area contributed by atoms with Crippen LogP contribution in [0.15, 0.2) is 36.4 Å². The predicted octanol–water partition coefficient (Wildman–Crippen LogP) is 4.44. The quantitative estimate of drug-likeness (QED) is 0.365. The maximum Gasteiger partial charge on any atom is 0.294 e. The zero-order chi connectivity index (χ0) is 22.7. The number of hydrogen-bond acceptors (Lipinski definition) is 5. The molecule has 0 bridgehead atoms. The smallest absolute Gasteiger partial charge is 0.294 e. The van der Waals surface area contributed by atoms with Crippen molar-refractivity contribution in [2.75, 3.05) is 31.1 Å². The fourth-order valence-electron chi connectivity index (χ4n) is 4.54. The number of nitro benzene ring substituents is 1. The van der Waals surface area contributed by atoms with Crippen molar-refractivity contribution in [1.29, 1.82) is 0 Å². The maximum atomic E-state index is 12.7. The van der Waals surface area contributed by atoms with E-state index in [1.54, 1.807) is 17.0 Å². The molecule has 1 aliphatic heterocycles. The van der Waals surface area contributed by atoms with Gasteiger partial charge in [-0.1, -0.05) is 23.7 Å². The number of fused-ring (bicyclic) bond motifs is 1. The number of nitro groups is 1. The molecule has 2 aromatic rings. The summed E-state index contributed by atoms with van der Waals surface area (Å²) in [5.74, 6) is -0.0521. The molecule has 4 rings (SSSR count). The largest absolute Gasteiger partial charge is 0.362 e. The molecule has 168 valence electrons. The molecule has 0 aromatic heterocycles. The van der Waals surface area contributed by atoms with E-state index < -0.39 is 4.92 Å². The van der Waals surface area contributed by atoms with Crippen LogP contribution in [-0.2, 0) is 17.6 Å². The van der Waals surface area contributed by atoms with Crippen molar-refractivity contribution in [3.8, 4) is 0 Å². The summed E-state index contributed by atoms with van der Waals surface area (Å²) in [6.45, 7) is 1.91. The standard InChI is InChI=1S/C24H26ClN3O4/c25-20-7-8-21(22(16-20)28(31)32)26-11-13-27(14-12-26)24(30)10-9-23(29)19-6-5-17-3-1-2-4-18(17)15-19/h5-8,15-16H,1-4,9-14H2. The SMILES string of the molecule is O=C(CCC(=O)N1CCN(c2ccc(Cl)cc2[N+](=O)[O-])CC1)c1ccc2c(c1)CCCC2. The van der Waals surface area contributed by atoms with Crippen molar-refractivity contribution in [2.45, 2.75) is 38.5 Å². The maximum absolute atomic E-state index is 12.7. The van der Waals surface area contributed by atoms with Gasteiger partial charge in [-0.15, -0.1) is 0 Å². The van der Waals surface area contributed by atoms with Crippen molar-refractivity contribution in [2.24, 2.45) is 0 Å². The Bertz CT molecular complexity index is 1050. The number of carbonyl (C=O) groups excluding carboxylic acids is 2. The Labute approximate surface area is 192 Å². The summed E-state index contributed by atoms with van der Waals surface area (Å²) < 4.78 is 0. The first-order valence-electron chi connectivity index (χ1n) is 11.0. The topological polar surface area (TPSA) is 83.8 Å². The molecule has 0 unspecified atom stereocenters. The second-order valence-electron chi connectivity index (χ2n) is 8.37. The van der Waals surface area contributed by atoms with Crippen molar-refractivity contribution in [1.82, 2.24) is 4.90 Å². The minimum absolute atomic E-state index is 0.00199. The summed E-state index contributed by atoms with van der Waals surface area (Å²) in [5, 5.41) is 11.7. The fourth-order valence-corrected chi connectivity index (χ4v) is 4.70. The predicted molar refractivity (Wildman–Crippen MR) is 124 cm³/mol. The van der Waals surface area contributed by atoms with E-state index in [0.29, 0.717) is 42.5 Å². The number of aryl methyl sites for hydroxylation is 2. The minimum atomic E-state index is -0.439. The summed E-state index contributed by atoms with van der Waals surface area (Å²) in [6, 6.07) is 10.6. The van der Waals surface area contributed by atoms with Crippen LogP contribution in [0.3, 0.4) is 0 Å². The van der Waals surface area contributed by atoms with Gasteiger partial charge in [0.25, 0.3) is 5.69 Å². The van der Waals surface area contributed by atoms with Gasteiger partial charge in [0.05, 0.1) is 4.92 Å². The van der Waals surface area contributed by atoms with Crippen LogP contribution in [0.4, 0.5) is 11.4 Å². The third-order valence-corrected chi connectivity index (χ3v) is 6.58. The lowest BCUT2D eigenvalue weighted by molar-refractivity contribution is -0.384. The molecule has 1 heterocycles. The first-order valence-corrected chi connectivity index (χ1v) is 11.4. The van der Waals surface area contributed by atoms with Gasteiger partial charge in [-0.2, -0.15) is 0 Å². The van der Waals surface area contributed by atoms with Crippen LogP contribution in [0.2, 0.25) is 5.02 Å². The highest BCUT2D eigenvalue weighted by Gasteiger charge is 2.26. The van der Waals surface area contributed by atoms with Gasteiger partial charge in [0, 0.05) is 55.7 Å². The average molecular weight is 456 g/mol. The Morgan fingerprint density at radius 3 is 2.38 bits per heavy atom. The molecule has 0 N–H and O–H groups in total. The van der Waals surface area contributed by atoms with E-state index in [2.05, 4.69) is 6.07 Å². The van der Waals surface area contributed by atoms with Gasteiger partial charge >= 0.3 is 0 Å². The van der Waals surface area contributed by atoms with E-state index in [-0.39, 0.29) is 30.2 Å². The number of Topliss-reactive ketones (excluding diaryl/α,β-unsaturated/α-hetero) is 1. The van der Waals surface area contributed by atoms with Gasteiger partial charge in [-0.25, -0.2) is 0 Å². The molecule has 0 spiro atoms. The third-order valence-electron chi connectivity index (χ3n) is 6.34. The highest BCUT2D eigenvalue weighted by molar-refractivity contribution is 6.30. The minimum Gasteiger partial charge on any atom is -0.362 e. The van der Waals surface area contributed by atoms with Crippen LogP contribution in [0.5, 0.6) is 0 Å². The second kappa shape index (κ2) is 9.69. The number of benzene rings is 2. The van der Waals surface area contributed by atoms with E-state index in [4.69, 9.17) is 11.6 Å². The second-order valence-corrected chi connectivity index (χ2v) is 8.81. The number of amides is 1. The molecule has 1 aliphatic carbocycles. The third kappa shape index (κ3) is 4.93. The number of nitrogens with zero attached hydrogens (tertiary/aromatic N) is 3. The van der Waals surface area contributed by atoms with E-state index in [1.165, 1.54) is 23.6 Å². The van der Waals surface area contributed by atoms with Gasteiger partial charge < -0.3 is 9.80 Å². The Hall–Kier alpha value is -2.93. The van der Waals surface area contributed by atoms with Crippen LogP contribution < -0.4 is 4.90 Å². The van der Waals surface area contributed by atoms with Gasteiger partial charge in [0.15, 0.2) is 5.78 Å². The molecule has 0 atom stereocenters. The molecule has 32 heavy (non-hydrogen) atoms. The van der Waals surface area contributed by atoms with Crippen molar-refractivity contribution >= 4 is 34.7 Å². The van der Waals surface area contributed by atoms with Gasteiger partial charge in [0.1, 0.15) is 5.69 Å². The lowest BCUT2D eigenvalue weighted by atomic mass is 9.89. The fraction of sp³-hybridized carbons (Fsp3) is 0.417. The molecular weight excluding hydrogens is 430 g/mol. The number of rotatable bonds is 6. The van der Waals surface area contributed by atoms with Crippen LogP contribution in [0.1, 0.15) is 47.2 Å². The number of anilines is 1. The lowest BCUT2D eigenvalue weighted by Gasteiger charge is -2.35. The normalized spacial score (nSPS) is 15.9. The molecule has 2 aliphatic rings. The number of piperazine rings is 1. The summed E-state index contributed by atoms with van der Waals surface area (Å²) in [4.78, 5) is 39.8. The average Bonchev–Trinajstić information content (AvgIpc) is 2.82. The van der Waals surface area contributed by atoms with Gasteiger partial charge in [-0.05, 0) is 55.0 Å². The summed E-state index contributed by atoms with van der Waals surface area (Å²) in [7, 11) is 0. The van der Waals surface area contributed by atoms with Crippen molar-refractivity contribution in [3.63, 3.8) is 0 Å². The Morgan fingerprint density at radius 1 is 0.938 bits per heavy atom. The molecule has 1 amide bonds. The van der Waals surface area contributed by atoms with Crippen molar-refractivity contribution in [3.05, 3.63) is 68.2 Å². The Morgan fingerprint density at radius 2 is 1.66 bits per heavy atom. The lowest BCUT2D eigenvalue weighted by Crippen LogP contribution is -2.49. The summed E-state index contributed by atoms with van der Waals surface area (Å²) in [5.41, 5.74) is 3.77. The number of halogens is 1. The molecular formula is C24H26ClN3O4. The molecule has 0 radical (unpaired) electrons. The van der Waals surface area contributed by atoms with Crippen LogP contribution in [-0.4, -0.2) is 47.7 Å². The van der Waals surface area contributed by atoms with Gasteiger partial charge in [-0.3, -0.25) is 19.7 Å². The van der Waals surface area contributed by atoms with Crippen molar-refractivity contribution < 1.29 is 14.5 Å². The molecule has 1 saturated heterocycles. The van der Waals surface area contributed by atoms with E-state index >= 15 is 0 Å².